The topological polar surface area (TPSA) is 111 Å². The minimum absolute atomic E-state index is 0.160. The highest BCUT2D eigenvalue weighted by Gasteiger charge is 2.20. The highest BCUT2D eigenvalue weighted by atomic mass is 19.1. The van der Waals surface area contributed by atoms with Crippen LogP contribution in [0.3, 0.4) is 0 Å². The van der Waals surface area contributed by atoms with Gasteiger partial charge in [-0.2, -0.15) is 0 Å². The van der Waals surface area contributed by atoms with Gasteiger partial charge in [0.15, 0.2) is 28.9 Å². The molecule has 0 saturated carbocycles. The van der Waals surface area contributed by atoms with Crippen LogP contribution in [-0.2, 0) is 11.3 Å². The lowest BCUT2D eigenvalue weighted by Gasteiger charge is -2.13. The summed E-state index contributed by atoms with van der Waals surface area (Å²) in [4.78, 5) is 8.11. The average Bonchev–Trinajstić information content (AvgIpc) is 2.77. The highest BCUT2D eigenvalue weighted by Crippen LogP contribution is 2.31. The minimum atomic E-state index is -0.878. The van der Waals surface area contributed by atoms with Crippen molar-refractivity contribution < 1.29 is 27.7 Å². The summed E-state index contributed by atoms with van der Waals surface area (Å²) in [5.74, 6) is -1.67. The first-order valence-corrected chi connectivity index (χ1v) is 8.77. The molecule has 9 nitrogen and oxygen atoms in total. The van der Waals surface area contributed by atoms with Crippen molar-refractivity contribution in [1.82, 2.24) is 15.3 Å². The number of benzene rings is 1. The Morgan fingerprint density at radius 2 is 1.73 bits per heavy atom. The molecule has 1 aromatic heterocycles. The quantitative estimate of drug-likeness (QED) is 0.353. The number of nitrogens with one attached hydrogen (secondary N) is 3. The zero-order valence-electron chi connectivity index (χ0n) is 16.8. The Labute approximate surface area is 172 Å². The first kappa shape index (κ1) is 22.8. The van der Waals surface area contributed by atoms with E-state index in [0.29, 0.717) is 18.8 Å². The van der Waals surface area contributed by atoms with Gasteiger partial charge in [0.05, 0.1) is 44.5 Å². The Morgan fingerprint density at radius 1 is 1.10 bits per heavy atom. The van der Waals surface area contributed by atoms with Crippen molar-refractivity contribution in [3.05, 3.63) is 47.6 Å². The van der Waals surface area contributed by atoms with E-state index in [4.69, 9.17) is 24.4 Å². The van der Waals surface area contributed by atoms with Crippen molar-refractivity contribution in [2.24, 2.45) is 0 Å². The third-order valence-corrected chi connectivity index (χ3v) is 3.80. The Balaban J connectivity index is 2.04. The number of hydrogen-bond donors (Lipinski definition) is 3. The van der Waals surface area contributed by atoms with Gasteiger partial charge in [-0.25, -0.2) is 18.7 Å². The predicted octanol–water partition coefficient (Wildman–Crippen LogP) is 2.49. The van der Waals surface area contributed by atoms with Crippen LogP contribution in [0.4, 0.5) is 14.7 Å². The second-order valence-corrected chi connectivity index (χ2v) is 5.73. The summed E-state index contributed by atoms with van der Waals surface area (Å²) in [5.41, 5.74) is 0.0805. The first-order valence-electron chi connectivity index (χ1n) is 8.77. The molecular formula is C19H23F2N5O4. The van der Waals surface area contributed by atoms with Gasteiger partial charge in [0.25, 0.3) is 0 Å². The van der Waals surface area contributed by atoms with E-state index in [1.807, 2.05) is 0 Å². The van der Waals surface area contributed by atoms with E-state index in [9.17, 15) is 8.78 Å². The summed E-state index contributed by atoms with van der Waals surface area (Å²) in [7, 11) is 4.13. The van der Waals surface area contributed by atoms with Gasteiger partial charge >= 0.3 is 0 Å². The van der Waals surface area contributed by atoms with Crippen LogP contribution in [0.5, 0.6) is 17.2 Å². The third kappa shape index (κ3) is 6.01. The van der Waals surface area contributed by atoms with E-state index in [1.165, 1.54) is 26.6 Å². The van der Waals surface area contributed by atoms with Gasteiger partial charge in [-0.05, 0) is 0 Å². The van der Waals surface area contributed by atoms with Crippen LogP contribution >= 0.6 is 0 Å². The molecule has 0 spiro atoms. The standard InChI is InChI=1S/C19H23F2N5O4/c1-27-5-4-23-8-12(7-22)26-19-24-9-13(10-25-19)30-11-14-17(20)15(28-2)6-16(29-3)18(14)21/h6-10,22-23H,4-5,11H2,1-3H3,(H,24,25,26)/b12-8+,22-7?. The molecule has 0 unspecified atom stereocenters. The normalized spacial score (nSPS) is 11.0. The number of hydrogen-bond acceptors (Lipinski definition) is 9. The summed E-state index contributed by atoms with van der Waals surface area (Å²) in [6.45, 7) is 0.673. The SMILES string of the molecule is COCCN/C=C(\C=N)Nc1ncc(OCc2c(F)c(OC)cc(OC)c2F)cn1. The van der Waals surface area contributed by atoms with Crippen molar-refractivity contribution in [3.63, 3.8) is 0 Å². The molecule has 30 heavy (non-hydrogen) atoms. The van der Waals surface area contributed by atoms with Gasteiger partial charge in [-0.3, -0.25) is 0 Å². The number of halogens is 2. The molecule has 3 N–H and O–H groups in total. The van der Waals surface area contributed by atoms with E-state index in [2.05, 4.69) is 20.6 Å². The minimum Gasteiger partial charge on any atom is -0.494 e. The highest BCUT2D eigenvalue weighted by molar-refractivity contribution is 5.79. The number of nitrogens with zero attached hydrogens (tertiary/aromatic N) is 2. The lowest BCUT2D eigenvalue weighted by atomic mass is 10.1. The predicted molar refractivity (Wildman–Crippen MR) is 106 cm³/mol. The van der Waals surface area contributed by atoms with Crippen molar-refractivity contribution >= 4 is 12.2 Å². The number of allylic oxidation sites excluding steroid dienone is 1. The molecule has 0 bridgehead atoms. The zero-order valence-corrected chi connectivity index (χ0v) is 16.8. The first-order chi connectivity index (χ1) is 14.5. The number of aromatic nitrogens is 2. The molecule has 0 aliphatic rings. The van der Waals surface area contributed by atoms with E-state index in [1.54, 1.807) is 13.3 Å². The maximum absolute atomic E-state index is 14.4. The number of anilines is 1. The van der Waals surface area contributed by atoms with Crippen molar-refractivity contribution in [2.45, 2.75) is 6.61 Å². The lowest BCUT2D eigenvalue weighted by Crippen LogP contribution is -2.16. The van der Waals surface area contributed by atoms with Gasteiger partial charge in [0, 0.05) is 32.1 Å². The maximum atomic E-state index is 14.4. The molecule has 0 aliphatic carbocycles. The monoisotopic (exact) mass is 423 g/mol. The smallest absolute Gasteiger partial charge is 0.227 e. The van der Waals surface area contributed by atoms with Gasteiger partial charge in [-0.1, -0.05) is 0 Å². The van der Waals surface area contributed by atoms with Crippen LogP contribution in [0, 0.1) is 17.0 Å². The molecule has 0 aliphatic heterocycles. The van der Waals surface area contributed by atoms with E-state index in [-0.39, 0.29) is 28.8 Å². The van der Waals surface area contributed by atoms with Crippen molar-refractivity contribution in [2.75, 3.05) is 39.8 Å². The van der Waals surface area contributed by atoms with E-state index < -0.39 is 18.2 Å². The fraction of sp³-hybridized carbons (Fsp3) is 0.316. The fourth-order valence-electron chi connectivity index (χ4n) is 2.26. The molecule has 1 heterocycles. The molecular weight excluding hydrogens is 400 g/mol. The van der Waals surface area contributed by atoms with Gasteiger partial charge in [0.1, 0.15) is 6.61 Å². The maximum Gasteiger partial charge on any atom is 0.227 e. The molecule has 0 amide bonds. The van der Waals surface area contributed by atoms with E-state index >= 15 is 0 Å². The number of ether oxygens (including phenoxy) is 4. The molecule has 0 fully saturated rings. The molecule has 11 heteroatoms. The lowest BCUT2D eigenvalue weighted by molar-refractivity contribution is 0.203. The molecule has 0 atom stereocenters. The van der Waals surface area contributed by atoms with Crippen LogP contribution in [0.15, 0.2) is 30.4 Å². The molecule has 0 saturated heterocycles. The molecule has 1 aromatic carbocycles. The summed E-state index contributed by atoms with van der Waals surface area (Å²) in [6.07, 6.45) is 5.35. The zero-order chi connectivity index (χ0) is 21.9. The Kier molecular flexibility index (Phi) is 8.75. The van der Waals surface area contributed by atoms with Crippen molar-refractivity contribution in [1.29, 1.82) is 5.41 Å². The van der Waals surface area contributed by atoms with Gasteiger partial charge < -0.3 is 35.0 Å². The second-order valence-electron chi connectivity index (χ2n) is 5.73. The average molecular weight is 423 g/mol. The molecule has 162 valence electrons. The molecule has 0 radical (unpaired) electrons. The van der Waals surface area contributed by atoms with Crippen LogP contribution in [-0.4, -0.2) is 50.7 Å². The Hall–Kier alpha value is -3.47. The summed E-state index contributed by atoms with van der Waals surface area (Å²) < 4.78 is 48.8. The Bertz CT molecular complexity index is 850. The summed E-state index contributed by atoms with van der Waals surface area (Å²) >= 11 is 0. The van der Waals surface area contributed by atoms with Crippen LogP contribution in [0.2, 0.25) is 0 Å². The van der Waals surface area contributed by atoms with Crippen molar-refractivity contribution in [3.8, 4) is 17.2 Å². The third-order valence-electron chi connectivity index (χ3n) is 3.80. The summed E-state index contributed by atoms with van der Waals surface area (Å²) in [6, 6.07) is 1.12. The molecule has 2 rings (SSSR count). The van der Waals surface area contributed by atoms with Crippen LogP contribution < -0.4 is 24.8 Å². The van der Waals surface area contributed by atoms with E-state index in [0.717, 1.165) is 12.3 Å². The van der Waals surface area contributed by atoms with Crippen LogP contribution in [0.1, 0.15) is 5.56 Å². The Morgan fingerprint density at radius 3 is 2.27 bits per heavy atom. The number of rotatable bonds is 12. The van der Waals surface area contributed by atoms with Crippen LogP contribution in [0.25, 0.3) is 0 Å². The summed E-state index contributed by atoms with van der Waals surface area (Å²) in [5, 5.41) is 13.2. The number of methoxy groups -OCH3 is 3. The largest absolute Gasteiger partial charge is 0.494 e. The fourth-order valence-corrected chi connectivity index (χ4v) is 2.26. The van der Waals surface area contributed by atoms with Gasteiger partial charge in [-0.15, -0.1) is 0 Å². The molecule has 2 aromatic rings. The van der Waals surface area contributed by atoms with Gasteiger partial charge in [0.2, 0.25) is 5.95 Å². The second kappa shape index (κ2) is 11.5.